The number of nitrogens with zero attached hydrogens (tertiary/aromatic N) is 3. The lowest BCUT2D eigenvalue weighted by Crippen LogP contribution is -2.50. The molecule has 1 aromatic heterocycles. The van der Waals surface area contributed by atoms with E-state index in [0.717, 1.165) is 54.8 Å². The largest absolute Gasteiger partial charge is 0.367 e. The molecule has 1 saturated carbocycles. The summed E-state index contributed by atoms with van der Waals surface area (Å²) < 4.78 is 15.9. The Morgan fingerprint density at radius 1 is 1.11 bits per heavy atom. The SMILES string of the molecule is O=C(Nc1nc(C2(c3ccc(Br)cc3)CCCC2)cs1)N1CC(c2ccc(N3CCNCC3)c(F)c2)C1. The molecule has 2 aromatic carbocycles. The maximum atomic E-state index is 14.8. The summed E-state index contributed by atoms with van der Waals surface area (Å²) in [6.07, 6.45) is 4.51. The molecular weight excluding hydrogens is 553 g/mol. The van der Waals surface area contributed by atoms with Crippen molar-refractivity contribution in [3.63, 3.8) is 0 Å². The van der Waals surface area contributed by atoms with Crippen molar-refractivity contribution < 1.29 is 9.18 Å². The number of aromatic nitrogens is 1. The Kier molecular flexibility index (Phi) is 6.94. The highest BCUT2D eigenvalue weighted by atomic mass is 79.9. The number of hydrogen-bond donors (Lipinski definition) is 2. The predicted molar refractivity (Wildman–Crippen MR) is 150 cm³/mol. The number of urea groups is 1. The van der Waals surface area contributed by atoms with Crippen molar-refractivity contribution in [3.8, 4) is 0 Å². The van der Waals surface area contributed by atoms with Crippen LogP contribution in [0.2, 0.25) is 0 Å². The van der Waals surface area contributed by atoms with E-state index in [9.17, 15) is 9.18 Å². The number of piperazine rings is 1. The summed E-state index contributed by atoms with van der Waals surface area (Å²) in [7, 11) is 0. The summed E-state index contributed by atoms with van der Waals surface area (Å²) in [5.41, 5.74) is 3.88. The average molecular weight is 585 g/mol. The van der Waals surface area contributed by atoms with Crippen LogP contribution in [0.5, 0.6) is 0 Å². The molecule has 0 radical (unpaired) electrons. The van der Waals surface area contributed by atoms with Crippen LogP contribution in [0.4, 0.5) is 20.0 Å². The van der Waals surface area contributed by atoms with Crippen LogP contribution in [0, 0.1) is 5.82 Å². The smallest absolute Gasteiger partial charge is 0.323 e. The Bertz CT molecular complexity index is 1260. The lowest BCUT2D eigenvalue weighted by atomic mass is 9.76. The number of thiazole rings is 1. The van der Waals surface area contributed by atoms with E-state index in [1.165, 1.54) is 29.7 Å². The average Bonchev–Trinajstić information content (AvgIpc) is 3.55. The Balaban J connectivity index is 1.08. The monoisotopic (exact) mass is 583 g/mol. The number of hydrogen-bond acceptors (Lipinski definition) is 5. The molecule has 1 aliphatic carbocycles. The van der Waals surface area contributed by atoms with E-state index in [2.05, 4.69) is 61.1 Å². The van der Waals surface area contributed by atoms with Crippen LogP contribution in [0.15, 0.2) is 52.3 Å². The predicted octanol–water partition coefficient (Wildman–Crippen LogP) is 5.95. The molecule has 2 saturated heterocycles. The maximum Gasteiger partial charge on any atom is 0.323 e. The summed E-state index contributed by atoms with van der Waals surface area (Å²) in [5, 5.41) is 9.04. The zero-order valence-electron chi connectivity index (χ0n) is 20.7. The van der Waals surface area contributed by atoms with Gasteiger partial charge in [0, 0.05) is 60.5 Å². The lowest BCUT2D eigenvalue weighted by Gasteiger charge is -2.39. The van der Waals surface area contributed by atoms with E-state index < -0.39 is 0 Å². The molecule has 2 amide bonds. The molecule has 3 fully saturated rings. The van der Waals surface area contributed by atoms with Crippen molar-refractivity contribution in [2.45, 2.75) is 37.0 Å². The van der Waals surface area contributed by atoms with Gasteiger partial charge in [-0.3, -0.25) is 5.32 Å². The van der Waals surface area contributed by atoms with Crippen molar-refractivity contribution >= 4 is 44.1 Å². The summed E-state index contributed by atoms with van der Waals surface area (Å²) in [6, 6.07) is 14.0. The standard InChI is InChI=1S/C28H31BrFN5OS/c29-22-6-4-21(5-7-22)28(9-1-2-10-28)25-18-37-26(32-25)33-27(36)35-16-20(17-35)19-3-8-24(23(30)15-19)34-13-11-31-12-14-34/h3-8,15,18,20,31H,1-2,9-14,16-17H2,(H,32,33,36). The molecule has 0 spiro atoms. The number of rotatable bonds is 5. The third-order valence-electron chi connectivity index (χ3n) is 8.13. The summed E-state index contributed by atoms with van der Waals surface area (Å²) in [6.45, 7) is 4.55. The molecule has 3 heterocycles. The van der Waals surface area contributed by atoms with Gasteiger partial charge in [0.05, 0.1) is 11.4 Å². The Morgan fingerprint density at radius 2 is 1.84 bits per heavy atom. The minimum Gasteiger partial charge on any atom is -0.367 e. The molecule has 0 bridgehead atoms. The maximum absolute atomic E-state index is 14.8. The minimum absolute atomic E-state index is 0.0804. The Labute approximate surface area is 229 Å². The lowest BCUT2D eigenvalue weighted by molar-refractivity contribution is 0.164. The minimum atomic E-state index is -0.177. The van der Waals surface area contributed by atoms with Crippen LogP contribution in [0.3, 0.4) is 0 Å². The van der Waals surface area contributed by atoms with Gasteiger partial charge in [-0.15, -0.1) is 11.3 Å². The van der Waals surface area contributed by atoms with E-state index in [1.807, 2.05) is 12.1 Å². The molecule has 6 nitrogen and oxygen atoms in total. The normalized spacial score (nSPS) is 19.6. The van der Waals surface area contributed by atoms with Crippen molar-refractivity contribution in [1.29, 1.82) is 0 Å². The van der Waals surface area contributed by atoms with E-state index in [1.54, 1.807) is 11.0 Å². The van der Waals surface area contributed by atoms with Gasteiger partial charge < -0.3 is 15.1 Å². The quantitative estimate of drug-likeness (QED) is 0.390. The first-order valence-electron chi connectivity index (χ1n) is 13.0. The van der Waals surface area contributed by atoms with Gasteiger partial charge in [0.15, 0.2) is 5.13 Å². The number of nitrogens with one attached hydrogen (secondary N) is 2. The fourth-order valence-electron chi connectivity index (χ4n) is 5.96. The van der Waals surface area contributed by atoms with Gasteiger partial charge in [-0.25, -0.2) is 14.2 Å². The summed E-state index contributed by atoms with van der Waals surface area (Å²) in [4.78, 5) is 21.6. The van der Waals surface area contributed by atoms with Crippen LogP contribution in [0.1, 0.15) is 48.4 Å². The second-order valence-electron chi connectivity index (χ2n) is 10.3. The summed E-state index contributed by atoms with van der Waals surface area (Å²) in [5.74, 6) is -0.0208. The van der Waals surface area contributed by atoms with Gasteiger partial charge in [0.2, 0.25) is 0 Å². The molecule has 3 aromatic rings. The summed E-state index contributed by atoms with van der Waals surface area (Å²) >= 11 is 5.03. The fourth-order valence-corrected chi connectivity index (χ4v) is 7.02. The van der Waals surface area contributed by atoms with Gasteiger partial charge in [0.25, 0.3) is 0 Å². The molecule has 0 atom stereocenters. The highest BCUT2D eigenvalue weighted by molar-refractivity contribution is 9.10. The molecule has 3 aliphatic rings. The van der Waals surface area contributed by atoms with Crippen LogP contribution in [0.25, 0.3) is 0 Å². The first-order valence-corrected chi connectivity index (χ1v) is 14.7. The van der Waals surface area contributed by atoms with Gasteiger partial charge >= 0.3 is 6.03 Å². The van der Waals surface area contributed by atoms with E-state index >= 15 is 0 Å². The number of anilines is 2. The third kappa shape index (κ3) is 4.89. The van der Waals surface area contributed by atoms with Gasteiger partial charge in [-0.1, -0.05) is 47.0 Å². The third-order valence-corrected chi connectivity index (χ3v) is 9.42. The van der Waals surface area contributed by atoms with Crippen molar-refractivity contribution in [2.24, 2.45) is 0 Å². The fraction of sp³-hybridized carbons (Fsp3) is 0.429. The van der Waals surface area contributed by atoms with Crippen LogP contribution >= 0.6 is 27.3 Å². The zero-order valence-corrected chi connectivity index (χ0v) is 23.1. The molecular formula is C28H31BrFN5OS. The second-order valence-corrected chi connectivity index (χ2v) is 12.1. The van der Waals surface area contributed by atoms with Crippen molar-refractivity contribution in [2.75, 3.05) is 49.5 Å². The second kappa shape index (κ2) is 10.3. The van der Waals surface area contributed by atoms with Gasteiger partial charge in [-0.05, 0) is 48.2 Å². The first-order chi connectivity index (χ1) is 18.0. The number of carbonyl (C=O) groups is 1. The zero-order chi connectivity index (χ0) is 25.4. The molecule has 37 heavy (non-hydrogen) atoms. The number of benzene rings is 2. The van der Waals surface area contributed by atoms with E-state index in [4.69, 9.17) is 4.98 Å². The van der Waals surface area contributed by atoms with Crippen LogP contribution in [-0.2, 0) is 5.41 Å². The topological polar surface area (TPSA) is 60.5 Å². The highest BCUT2D eigenvalue weighted by Gasteiger charge is 2.40. The first kappa shape index (κ1) is 24.8. The van der Waals surface area contributed by atoms with Crippen LogP contribution < -0.4 is 15.5 Å². The number of likely N-dealkylation sites (tertiary alicyclic amines) is 1. The van der Waals surface area contributed by atoms with E-state index in [-0.39, 0.29) is 23.2 Å². The molecule has 194 valence electrons. The Morgan fingerprint density at radius 3 is 2.54 bits per heavy atom. The molecule has 6 rings (SSSR count). The van der Waals surface area contributed by atoms with Gasteiger partial charge in [-0.2, -0.15) is 0 Å². The number of amides is 2. The number of halogens is 2. The number of carbonyl (C=O) groups excluding carboxylic acids is 1. The molecule has 2 aliphatic heterocycles. The highest BCUT2D eigenvalue weighted by Crippen LogP contribution is 2.47. The van der Waals surface area contributed by atoms with Crippen molar-refractivity contribution in [3.05, 3.63) is 75.0 Å². The van der Waals surface area contributed by atoms with Gasteiger partial charge in [0.1, 0.15) is 5.82 Å². The van der Waals surface area contributed by atoms with E-state index in [0.29, 0.717) is 23.9 Å². The Hall–Kier alpha value is -2.49. The van der Waals surface area contributed by atoms with Crippen molar-refractivity contribution in [1.82, 2.24) is 15.2 Å². The molecule has 9 heteroatoms. The molecule has 2 N–H and O–H groups in total. The molecule has 0 unspecified atom stereocenters. The van der Waals surface area contributed by atoms with Crippen LogP contribution in [-0.4, -0.2) is 55.2 Å².